The van der Waals surface area contributed by atoms with Gasteiger partial charge in [0.1, 0.15) is 5.82 Å². The highest BCUT2D eigenvalue weighted by atomic mass is 19.3. The number of morpholine rings is 1. The number of hydrogen-bond donors (Lipinski definition) is 0. The molecule has 2 aliphatic heterocycles. The van der Waals surface area contributed by atoms with Crippen molar-refractivity contribution in [3.8, 4) is 11.7 Å². The average Bonchev–Trinajstić information content (AvgIpc) is 3.62. The molecule has 0 radical (unpaired) electrons. The van der Waals surface area contributed by atoms with Crippen molar-refractivity contribution in [2.24, 2.45) is 5.92 Å². The van der Waals surface area contributed by atoms with E-state index in [1.165, 1.54) is 4.57 Å². The van der Waals surface area contributed by atoms with Gasteiger partial charge in [-0.1, -0.05) is 12.1 Å². The number of benzene rings is 1. The molecule has 3 aromatic heterocycles. The molecule has 1 amide bonds. The summed E-state index contributed by atoms with van der Waals surface area (Å²) in [5, 5.41) is 0. The lowest BCUT2D eigenvalue weighted by Gasteiger charge is -2.27. The number of carbonyl (C=O) groups is 1. The molecular weight excluding hydrogens is 508 g/mol. The van der Waals surface area contributed by atoms with Gasteiger partial charge in [0.05, 0.1) is 30.9 Å². The zero-order valence-electron chi connectivity index (χ0n) is 21.1. The fourth-order valence-electron chi connectivity index (χ4n) is 4.96. The number of hydrogen-bond acceptors (Lipinski definition) is 8. The second-order valence-corrected chi connectivity index (χ2v) is 9.51. The van der Waals surface area contributed by atoms with Gasteiger partial charge < -0.3 is 19.3 Å². The fraction of sp³-hybridized carbons (Fsp3) is 0.370. The molecule has 0 aliphatic carbocycles. The van der Waals surface area contributed by atoms with Crippen LogP contribution in [0.3, 0.4) is 0 Å². The van der Waals surface area contributed by atoms with E-state index in [2.05, 4.69) is 19.9 Å². The van der Waals surface area contributed by atoms with Gasteiger partial charge >= 0.3 is 0 Å². The zero-order chi connectivity index (χ0) is 26.8. The highest BCUT2D eigenvalue weighted by Gasteiger charge is 2.28. The Kier molecular flexibility index (Phi) is 7.01. The molecule has 5 heterocycles. The molecule has 2 aliphatic rings. The summed E-state index contributed by atoms with van der Waals surface area (Å²) in [6.45, 7) is 3.69. The van der Waals surface area contributed by atoms with E-state index in [9.17, 15) is 13.6 Å². The molecule has 4 aromatic rings. The molecule has 2 fully saturated rings. The van der Waals surface area contributed by atoms with Crippen molar-refractivity contribution in [2.75, 3.05) is 50.9 Å². The van der Waals surface area contributed by atoms with Crippen LogP contribution in [0.5, 0.6) is 5.88 Å². The minimum absolute atomic E-state index is 0.0367. The number of carbonyl (C=O) groups excluding carboxylic acids is 1. The lowest BCUT2D eigenvalue weighted by atomic mass is 10.1. The van der Waals surface area contributed by atoms with Gasteiger partial charge in [-0.15, -0.1) is 0 Å². The Morgan fingerprint density at radius 3 is 2.64 bits per heavy atom. The summed E-state index contributed by atoms with van der Waals surface area (Å²) in [5.41, 5.74) is 1.57. The summed E-state index contributed by atoms with van der Waals surface area (Å²) in [5.74, 6) is 0.585. The Bertz CT molecular complexity index is 1460. The smallest absolute Gasteiger partial charge is 0.296 e. The Hall–Kier alpha value is -4.19. The van der Waals surface area contributed by atoms with E-state index in [1.54, 1.807) is 59.8 Å². The van der Waals surface area contributed by atoms with Gasteiger partial charge in [0, 0.05) is 56.1 Å². The van der Waals surface area contributed by atoms with Crippen molar-refractivity contribution in [1.29, 1.82) is 0 Å². The molecule has 12 heteroatoms. The van der Waals surface area contributed by atoms with E-state index in [0.29, 0.717) is 68.5 Å². The number of pyridine rings is 1. The monoisotopic (exact) mass is 535 g/mol. The lowest BCUT2D eigenvalue weighted by molar-refractivity contribution is 0.0782. The number of fused-ring (bicyclic) bond motifs is 1. The number of likely N-dealkylation sites (tertiary alicyclic amines) is 1. The van der Waals surface area contributed by atoms with Gasteiger partial charge in [0.25, 0.3) is 12.3 Å². The second kappa shape index (κ2) is 10.9. The highest BCUT2D eigenvalue weighted by Crippen LogP contribution is 2.30. The molecule has 10 nitrogen and oxygen atoms in total. The SMILES string of the molecule is O=C(c1ccncc1)N1CC[C@H](COc2cc(-n3c(C(F)F)nc4ccccc43)nc(N3CCOCC3)n2)C1. The van der Waals surface area contributed by atoms with Crippen LogP contribution in [-0.4, -0.2) is 81.3 Å². The van der Waals surface area contributed by atoms with Gasteiger partial charge in [-0.3, -0.25) is 14.3 Å². The summed E-state index contributed by atoms with van der Waals surface area (Å²) in [7, 11) is 0. The Morgan fingerprint density at radius 2 is 1.85 bits per heavy atom. The first-order valence-corrected chi connectivity index (χ1v) is 12.9. The summed E-state index contributed by atoms with van der Waals surface area (Å²) < 4.78 is 41.1. The molecule has 6 rings (SSSR count). The maximum Gasteiger partial charge on any atom is 0.296 e. The Labute approximate surface area is 223 Å². The number of ether oxygens (including phenoxy) is 2. The van der Waals surface area contributed by atoms with Crippen molar-refractivity contribution >= 4 is 22.9 Å². The van der Waals surface area contributed by atoms with E-state index in [0.717, 1.165) is 6.42 Å². The van der Waals surface area contributed by atoms with Crippen LogP contribution in [0.4, 0.5) is 14.7 Å². The van der Waals surface area contributed by atoms with Crippen LogP contribution in [0.1, 0.15) is 29.0 Å². The standard InChI is InChI=1S/C27H27F2N7O3/c28-24(29)25-31-20-3-1-2-4-21(20)36(25)22-15-23(33-27(32-22)34-11-13-38-14-12-34)39-17-18-7-10-35(16-18)26(37)19-5-8-30-9-6-19/h1-6,8-9,15,18,24H,7,10-14,16-17H2/t18-/m0/s1. The Balaban J connectivity index is 1.27. The molecule has 2 saturated heterocycles. The maximum absolute atomic E-state index is 14.1. The highest BCUT2D eigenvalue weighted by molar-refractivity contribution is 5.94. The minimum Gasteiger partial charge on any atom is -0.477 e. The molecule has 1 aromatic carbocycles. The van der Waals surface area contributed by atoms with Gasteiger partial charge in [-0.2, -0.15) is 9.97 Å². The number of rotatable bonds is 7. The summed E-state index contributed by atoms with van der Waals surface area (Å²) in [6.07, 6.45) is 1.19. The molecule has 0 unspecified atom stereocenters. The quantitative estimate of drug-likeness (QED) is 0.355. The molecule has 0 spiro atoms. The number of nitrogens with zero attached hydrogens (tertiary/aromatic N) is 7. The van der Waals surface area contributed by atoms with Crippen LogP contribution >= 0.6 is 0 Å². The van der Waals surface area contributed by atoms with Gasteiger partial charge in [0.2, 0.25) is 11.8 Å². The van der Waals surface area contributed by atoms with Crippen LogP contribution < -0.4 is 9.64 Å². The minimum atomic E-state index is -2.80. The third-order valence-electron chi connectivity index (χ3n) is 6.95. The van der Waals surface area contributed by atoms with Crippen molar-refractivity contribution in [3.63, 3.8) is 0 Å². The van der Waals surface area contributed by atoms with Crippen molar-refractivity contribution in [1.82, 2.24) is 29.4 Å². The van der Waals surface area contributed by atoms with Crippen LogP contribution in [-0.2, 0) is 4.74 Å². The predicted octanol–water partition coefficient (Wildman–Crippen LogP) is 3.53. The first-order valence-electron chi connectivity index (χ1n) is 12.9. The third kappa shape index (κ3) is 5.24. The molecule has 39 heavy (non-hydrogen) atoms. The number of halogens is 2. The number of imidazole rings is 1. The van der Waals surface area contributed by atoms with Gasteiger partial charge in [0.15, 0.2) is 5.82 Å². The number of alkyl halides is 2. The van der Waals surface area contributed by atoms with Crippen LogP contribution in [0, 0.1) is 5.92 Å². The van der Waals surface area contributed by atoms with Gasteiger partial charge in [-0.05, 0) is 30.7 Å². The summed E-state index contributed by atoms with van der Waals surface area (Å²) in [4.78, 5) is 34.0. The number of aromatic nitrogens is 5. The molecule has 0 N–H and O–H groups in total. The van der Waals surface area contributed by atoms with Crippen LogP contribution in [0.25, 0.3) is 16.9 Å². The fourth-order valence-corrected chi connectivity index (χ4v) is 4.96. The van der Waals surface area contributed by atoms with E-state index >= 15 is 0 Å². The van der Waals surface area contributed by atoms with E-state index in [4.69, 9.17) is 9.47 Å². The number of amides is 1. The average molecular weight is 536 g/mol. The zero-order valence-corrected chi connectivity index (χ0v) is 21.1. The summed E-state index contributed by atoms with van der Waals surface area (Å²) in [6, 6.07) is 11.9. The normalized spacial score (nSPS) is 17.8. The first kappa shape index (κ1) is 25.1. The summed E-state index contributed by atoms with van der Waals surface area (Å²) >= 11 is 0. The van der Waals surface area contributed by atoms with Crippen molar-refractivity contribution in [2.45, 2.75) is 12.8 Å². The molecule has 0 saturated carbocycles. The first-order chi connectivity index (χ1) is 19.1. The molecular formula is C27H27F2N7O3. The third-order valence-corrected chi connectivity index (χ3v) is 6.95. The van der Waals surface area contributed by atoms with Crippen LogP contribution in [0.2, 0.25) is 0 Å². The van der Waals surface area contributed by atoms with E-state index in [-0.39, 0.29) is 23.5 Å². The molecule has 0 bridgehead atoms. The lowest BCUT2D eigenvalue weighted by Crippen LogP contribution is -2.37. The molecule has 1 atom stereocenters. The Morgan fingerprint density at radius 1 is 1.05 bits per heavy atom. The maximum atomic E-state index is 14.1. The largest absolute Gasteiger partial charge is 0.477 e. The molecule has 202 valence electrons. The second-order valence-electron chi connectivity index (χ2n) is 9.51. The number of anilines is 1. The van der Waals surface area contributed by atoms with Crippen LogP contribution in [0.15, 0.2) is 54.9 Å². The predicted molar refractivity (Wildman–Crippen MR) is 138 cm³/mol. The number of para-hydroxylation sites is 2. The van der Waals surface area contributed by atoms with Crippen molar-refractivity contribution < 1.29 is 23.0 Å². The van der Waals surface area contributed by atoms with E-state index in [1.807, 2.05) is 4.90 Å². The van der Waals surface area contributed by atoms with E-state index < -0.39 is 12.2 Å². The topological polar surface area (TPSA) is 98.5 Å². The van der Waals surface area contributed by atoms with Crippen molar-refractivity contribution in [3.05, 3.63) is 66.2 Å². The van der Waals surface area contributed by atoms with Gasteiger partial charge in [-0.25, -0.2) is 13.8 Å².